The number of piperidine rings is 1. The van der Waals surface area contributed by atoms with Gasteiger partial charge in [-0.1, -0.05) is 13.8 Å². The fourth-order valence-corrected chi connectivity index (χ4v) is 4.44. The topological polar surface area (TPSA) is 67.2 Å². The lowest BCUT2D eigenvalue weighted by molar-refractivity contribution is 0.218. The van der Waals surface area contributed by atoms with Gasteiger partial charge in [-0.2, -0.15) is 5.10 Å². The van der Waals surface area contributed by atoms with E-state index in [0.717, 1.165) is 25.9 Å². The maximum absolute atomic E-state index is 12.3. The summed E-state index contributed by atoms with van der Waals surface area (Å²) in [6.07, 6.45) is 5.93. The van der Waals surface area contributed by atoms with Gasteiger partial charge in [0.15, 0.2) is 0 Å². The van der Waals surface area contributed by atoms with Gasteiger partial charge in [-0.3, -0.25) is 4.68 Å². The van der Waals surface area contributed by atoms with Crippen molar-refractivity contribution >= 4 is 10.0 Å². The average Bonchev–Trinajstić information content (AvgIpc) is 2.93. The highest BCUT2D eigenvalue weighted by Gasteiger charge is 2.33. The fraction of sp³-hybridized carbons (Fsp3) is 0.812. The Morgan fingerprint density at radius 2 is 2.17 bits per heavy atom. The monoisotopic (exact) mass is 342 g/mol. The van der Waals surface area contributed by atoms with E-state index in [1.54, 1.807) is 18.2 Å². The van der Waals surface area contributed by atoms with Crippen LogP contribution in [-0.4, -0.2) is 46.9 Å². The van der Waals surface area contributed by atoms with Crippen LogP contribution in [0.3, 0.4) is 0 Å². The summed E-state index contributed by atoms with van der Waals surface area (Å²) in [5.41, 5.74) is 1.18. The summed E-state index contributed by atoms with van der Waals surface area (Å²) in [6, 6.07) is 0.350. The maximum Gasteiger partial charge on any atom is 0.216 e. The quantitative estimate of drug-likeness (QED) is 0.821. The first-order chi connectivity index (χ1) is 10.8. The summed E-state index contributed by atoms with van der Waals surface area (Å²) < 4.78 is 28.2. The average molecular weight is 343 g/mol. The molecule has 7 heteroatoms. The number of rotatable bonds is 7. The third-order valence-electron chi connectivity index (χ3n) is 4.53. The van der Waals surface area contributed by atoms with Crippen molar-refractivity contribution in [2.24, 2.45) is 5.92 Å². The second kappa shape index (κ2) is 7.77. The Morgan fingerprint density at radius 3 is 2.78 bits per heavy atom. The fourth-order valence-electron chi connectivity index (χ4n) is 3.04. The van der Waals surface area contributed by atoms with Crippen LogP contribution in [0.4, 0.5) is 0 Å². The molecule has 0 aromatic carbocycles. The van der Waals surface area contributed by atoms with Crippen LogP contribution < -0.4 is 5.32 Å². The lowest BCUT2D eigenvalue weighted by atomic mass is 9.95. The molecule has 23 heavy (non-hydrogen) atoms. The zero-order valence-electron chi connectivity index (χ0n) is 14.7. The van der Waals surface area contributed by atoms with Crippen molar-refractivity contribution < 1.29 is 8.42 Å². The van der Waals surface area contributed by atoms with Crippen LogP contribution in [0.2, 0.25) is 0 Å². The smallest absolute Gasteiger partial charge is 0.216 e. The van der Waals surface area contributed by atoms with Gasteiger partial charge in [0.2, 0.25) is 10.0 Å². The van der Waals surface area contributed by atoms with Crippen molar-refractivity contribution in [3.05, 3.63) is 18.0 Å². The summed E-state index contributed by atoms with van der Waals surface area (Å²) >= 11 is 0. The van der Waals surface area contributed by atoms with E-state index in [1.807, 2.05) is 10.9 Å². The van der Waals surface area contributed by atoms with Crippen LogP contribution in [0.25, 0.3) is 0 Å². The number of nitrogens with one attached hydrogen (secondary N) is 1. The van der Waals surface area contributed by atoms with Gasteiger partial charge in [0.05, 0.1) is 11.4 Å². The summed E-state index contributed by atoms with van der Waals surface area (Å²) in [7, 11) is -3.13. The lowest BCUT2D eigenvalue weighted by Crippen LogP contribution is -2.51. The molecule has 0 radical (unpaired) electrons. The molecular formula is C16H30N4O2S. The van der Waals surface area contributed by atoms with E-state index in [-0.39, 0.29) is 5.25 Å². The molecule has 132 valence electrons. The molecule has 0 saturated carbocycles. The number of aromatic nitrogens is 2. The molecule has 2 heterocycles. The first-order valence-corrected chi connectivity index (χ1v) is 10.1. The van der Waals surface area contributed by atoms with Gasteiger partial charge in [0, 0.05) is 44.0 Å². The van der Waals surface area contributed by atoms with Crippen LogP contribution >= 0.6 is 0 Å². The molecule has 0 unspecified atom stereocenters. The second-order valence-electron chi connectivity index (χ2n) is 6.82. The summed E-state index contributed by atoms with van der Waals surface area (Å²) in [5, 5.41) is 7.57. The van der Waals surface area contributed by atoms with Gasteiger partial charge in [-0.25, -0.2) is 12.7 Å². The van der Waals surface area contributed by atoms with Crippen molar-refractivity contribution in [1.82, 2.24) is 19.4 Å². The number of aryl methyl sites for hydroxylation is 1. The Morgan fingerprint density at radius 1 is 1.43 bits per heavy atom. The molecule has 2 atom stereocenters. The van der Waals surface area contributed by atoms with E-state index >= 15 is 0 Å². The Bertz CT molecular complexity index is 597. The molecule has 6 nitrogen and oxygen atoms in total. The van der Waals surface area contributed by atoms with Crippen LogP contribution in [-0.2, 0) is 23.1 Å². The molecule has 2 rings (SSSR count). The van der Waals surface area contributed by atoms with Crippen LogP contribution in [0.1, 0.15) is 46.1 Å². The highest BCUT2D eigenvalue weighted by Crippen LogP contribution is 2.22. The minimum Gasteiger partial charge on any atom is -0.309 e. The van der Waals surface area contributed by atoms with E-state index in [9.17, 15) is 8.42 Å². The first kappa shape index (κ1) is 18.4. The van der Waals surface area contributed by atoms with Gasteiger partial charge in [-0.05, 0) is 32.6 Å². The van der Waals surface area contributed by atoms with Crippen LogP contribution in [0.15, 0.2) is 12.4 Å². The number of nitrogens with zero attached hydrogens (tertiary/aromatic N) is 3. The van der Waals surface area contributed by atoms with E-state index in [1.165, 1.54) is 5.56 Å². The van der Waals surface area contributed by atoms with Crippen molar-refractivity contribution in [2.45, 2.75) is 64.9 Å². The Labute approximate surface area is 140 Å². The Balaban J connectivity index is 1.86. The highest BCUT2D eigenvalue weighted by atomic mass is 32.2. The molecule has 0 spiro atoms. The minimum absolute atomic E-state index is 0.308. The summed E-state index contributed by atoms with van der Waals surface area (Å²) in [5.74, 6) is 0.308. The number of sulfonamides is 1. The molecule has 0 bridgehead atoms. The van der Waals surface area contributed by atoms with Crippen molar-refractivity contribution in [2.75, 3.05) is 13.1 Å². The number of hydrogen-bond acceptors (Lipinski definition) is 4. The number of hydrogen-bond donors (Lipinski definition) is 1. The van der Waals surface area contributed by atoms with Gasteiger partial charge >= 0.3 is 0 Å². The van der Waals surface area contributed by atoms with E-state index in [2.05, 4.69) is 30.5 Å². The van der Waals surface area contributed by atoms with Gasteiger partial charge < -0.3 is 5.32 Å². The van der Waals surface area contributed by atoms with E-state index in [4.69, 9.17) is 0 Å². The van der Waals surface area contributed by atoms with Crippen molar-refractivity contribution in [1.29, 1.82) is 0 Å². The molecule has 1 saturated heterocycles. The van der Waals surface area contributed by atoms with Crippen molar-refractivity contribution in [3.8, 4) is 0 Å². The molecule has 1 aliphatic rings. The van der Waals surface area contributed by atoms with Gasteiger partial charge in [-0.15, -0.1) is 0 Å². The van der Waals surface area contributed by atoms with Crippen LogP contribution in [0.5, 0.6) is 0 Å². The minimum atomic E-state index is -3.13. The third kappa shape index (κ3) is 4.55. The Kier molecular flexibility index (Phi) is 6.22. The standard InChI is InChI=1S/C16H30N4O2S/c1-5-7-19-12-15(10-18-19)9-17-16-6-8-20(11-14(16)4)23(21,22)13(2)3/h10,12-14,16-17H,5-9,11H2,1-4H3/t14-,16+/m0/s1. The van der Waals surface area contributed by atoms with Gasteiger partial charge in [0.25, 0.3) is 0 Å². The predicted octanol–water partition coefficient (Wildman–Crippen LogP) is 1.83. The molecular weight excluding hydrogens is 312 g/mol. The molecule has 1 aliphatic heterocycles. The SMILES string of the molecule is CCCn1cc(CN[C@@H]2CCN(S(=O)(=O)C(C)C)C[C@@H]2C)cn1. The molecule has 1 aromatic rings. The molecule has 0 aliphatic carbocycles. The maximum atomic E-state index is 12.3. The Hall–Kier alpha value is -0.920. The molecule has 1 N–H and O–H groups in total. The second-order valence-corrected chi connectivity index (χ2v) is 9.31. The zero-order chi connectivity index (χ0) is 17.0. The van der Waals surface area contributed by atoms with Gasteiger partial charge in [0.1, 0.15) is 0 Å². The van der Waals surface area contributed by atoms with E-state index < -0.39 is 10.0 Å². The van der Waals surface area contributed by atoms with Crippen LogP contribution in [0, 0.1) is 5.92 Å². The highest BCUT2D eigenvalue weighted by molar-refractivity contribution is 7.89. The first-order valence-electron chi connectivity index (χ1n) is 8.58. The van der Waals surface area contributed by atoms with Crippen molar-refractivity contribution in [3.63, 3.8) is 0 Å². The third-order valence-corrected chi connectivity index (χ3v) is 6.77. The summed E-state index contributed by atoms with van der Waals surface area (Å²) in [6.45, 7) is 10.7. The largest absolute Gasteiger partial charge is 0.309 e. The lowest BCUT2D eigenvalue weighted by Gasteiger charge is -2.37. The molecule has 0 amide bonds. The molecule has 1 aromatic heterocycles. The van der Waals surface area contributed by atoms with E-state index in [0.29, 0.717) is 25.0 Å². The zero-order valence-corrected chi connectivity index (χ0v) is 15.5. The molecule has 1 fully saturated rings. The predicted molar refractivity (Wildman–Crippen MR) is 92.6 cm³/mol. The summed E-state index contributed by atoms with van der Waals surface area (Å²) in [4.78, 5) is 0. The normalized spacial score (nSPS) is 23.5.